The zero-order valence-corrected chi connectivity index (χ0v) is 17.9. The van der Waals surface area contributed by atoms with E-state index in [2.05, 4.69) is 28.4 Å². The van der Waals surface area contributed by atoms with Gasteiger partial charge in [0.25, 0.3) is 0 Å². The third kappa shape index (κ3) is 4.73. The van der Waals surface area contributed by atoms with Crippen LogP contribution in [-0.4, -0.2) is 25.4 Å². The van der Waals surface area contributed by atoms with Crippen LogP contribution in [0.15, 0.2) is 42.6 Å². The summed E-state index contributed by atoms with van der Waals surface area (Å²) < 4.78 is 2.31. The maximum Gasteiger partial charge on any atom is 0.160 e. The molecule has 0 saturated heterocycles. The number of benzene rings is 1. The molecule has 2 aromatic heterocycles. The van der Waals surface area contributed by atoms with Gasteiger partial charge < -0.3 is 9.67 Å². The molecule has 0 unspecified atom stereocenters. The molecule has 29 heavy (non-hydrogen) atoms. The van der Waals surface area contributed by atoms with Crippen molar-refractivity contribution in [2.75, 3.05) is 0 Å². The lowest BCUT2D eigenvalue weighted by Gasteiger charge is -2.28. The molecule has 1 fully saturated rings. The molecule has 154 valence electrons. The summed E-state index contributed by atoms with van der Waals surface area (Å²) in [5, 5.41) is 10.1. The van der Waals surface area contributed by atoms with Gasteiger partial charge in [-0.25, -0.2) is 9.97 Å². The smallest absolute Gasteiger partial charge is 0.160 e. The third-order valence-electron chi connectivity index (χ3n) is 5.73. The van der Waals surface area contributed by atoms with Gasteiger partial charge in [0.15, 0.2) is 5.65 Å². The molecule has 1 aliphatic rings. The van der Waals surface area contributed by atoms with Crippen molar-refractivity contribution in [3.8, 4) is 0 Å². The molecule has 0 spiro atoms. The number of fused-ring (bicyclic) bond motifs is 1. The minimum absolute atomic E-state index is 0.0823. The molecule has 1 aliphatic carbocycles. The molecular weight excluding hydrogens is 362 g/mol. The summed E-state index contributed by atoms with van der Waals surface area (Å²) in [6, 6.07) is 12.0. The Morgan fingerprint density at radius 1 is 1.21 bits per heavy atom. The van der Waals surface area contributed by atoms with Crippen molar-refractivity contribution >= 4 is 16.9 Å². The highest BCUT2D eigenvalue weighted by atomic mass is 16.3. The number of nitrogens with zero attached hydrogens (tertiary/aromatic N) is 3. The van der Waals surface area contributed by atoms with Gasteiger partial charge in [-0.2, -0.15) is 0 Å². The summed E-state index contributed by atoms with van der Waals surface area (Å²) in [6.07, 6.45) is 6.45. The second kappa shape index (κ2) is 8.87. The highest BCUT2D eigenvalue weighted by Crippen LogP contribution is 2.35. The van der Waals surface area contributed by atoms with E-state index in [0.29, 0.717) is 12.5 Å². The number of hydrogen-bond donors (Lipinski definition) is 1. The molecule has 4 rings (SSSR count). The van der Waals surface area contributed by atoms with Crippen LogP contribution in [0.2, 0.25) is 0 Å². The molecule has 0 amide bonds. The summed E-state index contributed by atoms with van der Waals surface area (Å²) in [4.78, 5) is 20.3. The van der Waals surface area contributed by atoms with Gasteiger partial charge in [0.1, 0.15) is 17.1 Å². The largest absolute Gasteiger partial charge is 0.385 e. The van der Waals surface area contributed by atoms with Crippen molar-refractivity contribution in [1.29, 1.82) is 0 Å². The number of aromatic nitrogens is 3. The van der Waals surface area contributed by atoms with Crippen molar-refractivity contribution in [3.63, 3.8) is 0 Å². The van der Waals surface area contributed by atoms with Crippen molar-refractivity contribution in [2.45, 2.75) is 71.4 Å². The number of Topliss-reactive ketones (excluding diaryl/α,β-unsaturated/α-hetero) is 1. The van der Waals surface area contributed by atoms with E-state index in [1.165, 1.54) is 24.8 Å². The number of imidazole rings is 1. The number of hydrogen-bond acceptors (Lipinski definition) is 4. The van der Waals surface area contributed by atoms with Crippen LogP contribution in [-0.2, 0) is 10.4 Å². The van der Waals surface area contributed by atoms with E-state index in [4.69, 9.17) is 0 Å². The second-order valence-electron chi connectivity index (χ2n) is 8.12. The first kappa shape index (κ1) is 21.2. The van der Waals surface area contributed by atoms with E-state index in [9.17, 15) is 9.90 Å². The predicted molar refractivity (Wildman–Crippen MR) is 116 cm³/mol. The first-order valence-corrected chi connectivity index (χ1v) is 10.4. The quantitative estimate of drug-likeness (QED) is 0.660. The minimum atomic E-state index is -1.03. The zero-order chi connectivity index (χ0) is 21.0. The first-order valence-electron chi connectivity index (χ1n) is 10.4. The fourth-order valence-electron chi connectivity index (χ4n) is 3.71. The van der Waals surface area contributed by atoms with Crippen molar-refractivity contribution < 1.29 is 9.90 Å². The molecule has 1 saturated carbocycles. The van der Waals surface area contributed by atoms with Gasteiger partial charge in [-0.3, -0.25) is 4.79 Å². The lowest BCUT2D eigenvalue weighted by Crippen LogP contribution is -2.24. The summed E-state index contributed by atoms with van der Waals surface area (Å²) >= 11 is 0. The van der Waals surface area contributed by atoms with Gasteiger partial charge in [-0.15, -0.1) is 0 Å². The monoisotopic (exact) mass is 393 g/mol. The van der Waals surface area contributed by atoms with Crippen LogP contribution in [0.5, 0.6) is 0 Å². The van der Waals surface area contributed by atoms with Gasteiger partial charge in [-0.05, 0) is 57.2 Å². The molecule has 0 bridgehead atoms. The molecule has 5 nitrogen and oxygen atoms in total. The second-order valence-corrected chi connectivity index (χ2v) is 8.12. The minimum Gasteiger partial charge on any atom is -0.385 e. The van der Waals surface area contributed by atoms with E-state index in [1.807, 2.05) is 49.5 Å². The van der Waals surface area contributed by atoms with Crippen molar-refractivity contribution in [2.24, 2.45) is 0 Å². The van der Waals surface area contributed by atoms with Gasteiger partial charge in [0.2, 0.25) is 0 Å². The number of pyridine rings is 1. The number of aliphatic hydroxyl groups is 1. The Morgan fingerprint density at radius 2 is 1.90 bits per heavy atom. The number of carbonyl (C=O) groups is 1. The number of ketones is 1. The highest BCUT2D eigenvalue weighted by Gasteiger charge is 2.25. The van der Waals surface area contributed by atoms with Gasteiger partial charge in [-0.1, -0.05) is 37.3 Å². The van der Waals surface area contributed by atoms with Crippen LogP contribution < -0.4 is 0 Å². The first-order chi connectivity index (χ1) is 13.8. The average Bonchev–Trinajstić information content (AvgIpc) is 2.99. The van der Waals surface area contributed by atoms with Crippen LogP contribution in [0.1, 0.15) is 68.9 Å². The molecule has 1 N–H and O–H groups in total. The van der Waals surface area contributed by atoms with Crippen molar-refractivity contribution in [1.82, 2.24) is 14.5 Å². The van der Waals surface area contributed by atoms with Crippen LogP contribution in [0.25, 0.3) is 11.2 Å². The normalized spacial score (nSPS) is 15.9. The number of carbonyl (C=O) groups excluding carboxylic acids is 1. The lowest BCUT2D eigenvalue weighted by atomic mass is 9.90. The summed E-state index contributed by atoms with van der Waals surface area (Å²) in [5.41, 5.74) is 3.12. The Kier molecular flexibility index (Phi) is 6.48. The zero-order valence-electron chi connectivity index (χ0n) is 17.9. The predicted octanol–water partition coefficient (Wildman–Crippen LogP) is 5.04. The highest BCUT2D eigenvalue weighted by molar-refractivity contribution is 5.79. The Labute approximate surface area is 172 Å². The maximum absolute atomic E-state index is 11.2. The van der Waals surface area contributed by atoms with E-state index in [-0.39, 0.29) is 12.2 Å². The fourth-order valence-corrected chi connectivity index (χ4v) is 3.71. The fraction of sp³-hybridized carbons (Fsp3) is 0.458. The van der Waals surface area contributed by atoms with Gasteiger partial charge in [0.05, 0.1) is 5.60 Å². The number of aryl methyl sites for hydroxylation is 2. The molecule has 3 aromatic rings. The maximum atomic E-state index is 11.2. The standard InChI is InChI=1S/C12H15N3.C12H16O2/c1-8-6-7-13-12-11(8)14-9(2)15(12)10-4-3-5-10;1-3-11(13)9-12(2,14)10-7-5-4-6-8-10/h6-7,10H,3-5H2,1-2H3;4-8,14H,3,9H2,1-2H3/t;12-/m.1/s1. The van der Waals surface area contributed by atoms with Crippen LogP contribution in [0, 0.1) is 13.8 Å². The number of rotatable bonds is 5. The molecule has 5 heteroatoms. The van der Waals surface area contributed by atoms with Crippen LogP contribution in [0.4, 0.5) is 0 Å². The molecular formula is C24H31N3O2. The summed E-state index contributed by atoms with van der Waals surface area (Å²) in [6.45, 7) is 7.67. The average molecular weight is 394 g/mol. The topological polar surface area (TPSA) is 68.0 Å². The van der Waals surface area contributed by atoms with Crippen LogP contribution in [0.3, 0.4) is 0 Å². The van der Waals surface area contributed by atoms with E-state index >= 15 is 0 Å². The summed E-state index contributed by atoms with van der Waals surface area (Å²) in [5.74, 6) is 1.19. The molecule has 0 radical (unpaired) electrons. The summed E-state index contributed by atoms with van der Waals surface area (Å²) in [7, 11) is 0. The van der Waals surface area contributed by atoms with Gasteiger partial charge >= 0.3 is 0 Å². The van der Waals surface area contributed by atoms with E-state index in [1.54, 1.807) is 6.92 Å². The van der Waals surface area contributed by atoms with E-state index < -0.39 is 5.60 Å². The third-order valence-corrected chi connectivity index (χ3v) is 5.73. The molecule has 0 aliphatic heterocycles. The van der Waals surface area contributed by atoms with Crippen molar-refractivity contribution in [3.05, 3.63) is 59.5 Å². The Balaban J connectivity index is 0.000000166. The van der Waals surface area contributed by atoms with E-state index in [0.717, 1.165) is 22.6 Å². The van der Waals surface area contributed by atoms with Gasteiger partial charge in [0, 0.05) is 25.1 Å². The Bertz CT molecular complexity index is 972. The Hall–Kier alpha value is -2.53. The molecule has 1 aromatic carbocycles. The lowest BCUT2D eigenvalue weighted by molar-refractivity contribution is -0.123. The molecule has 2 heterocycles. The SMILES string of the molecule is CCC(=O)C[C@@](C)(O)c1ccccc1.Cc1ccnc2c1nc(C)n2C1CCC1. The Morgan fingerprint density at radius 3 is 2.48 bits per heavy atom. The molecule has 1 atom stereocenters. The van der Waals surface area contributed by atoms with Crippen LogP contribution >= 0.6 is 0 Å².